The van der Waals surface area contributed by atoms with E-state index in [0.717, 1.165) is 4.88 Å². The van der Waals surface area contributed by atoms with Gasteiger partial charge < -0.3 is 14.8 Å². The van der Waals surface area contributed by atoms with Gasteiger partial charge in [-0.2, -0.15) is 0 Å². The fraction of sp³-hybridized carbons (Fsp3) is 0.385. The first-order valence-corrected chi connectivity index (χ1v) is 6.69. The number of hydrogen-bond acceptors (Lipinski definition) is 5. The molecular formula is C13H17NO4S. The molecule has 0 aromatic carbocycles. The number of nitrogens with one attached hydrogen (secondary N) is 1. The molecule has 0 saturated carbocycles. The fourth-order valence-corrected chi connectivity index (χ4v) is 1.83. The molecular weight excluding hydrogens is 266 g/mol. The van der Waals surface area contributed by atoms with Crippen molar-refractivity contribution in [2.75, 3.05) is 13.2 Å². The Morgan fingerprint density at radius 3 is 3.00 bits per heavy atom. The van der Waals surface area contributed by atoms with Gasteiger partial charge in [0.2, 0.25) is 0 Å². The van der Waals surface area contributed by atoms with Crippen molar-refractivity contribution >= 4 is 23.2 Å². The van der Waals surface area contributed by atoms with Crippen LogP contribution in [0.25, 0.3) is 0 Å². The SMILES string of the molecule is C=CCOC(C)C(=O)OCC(=O)NCc1cccs1. The molecule has 104 valence electrons. The van der Waals surface area contributed by atoms with Crippen molar-refractivity contribution < 1.29 is 19.1 Å². The summed E-state index contributed by atoms with van der Waals surface area (Å²) in [7, 11) is 0. The van der Waals surface area contributed by atoms with E-state index in [1.165, 1.54) is 6.08 Å². The highest BCUT2D eigenvalue weighted by molar-refractivity contribution is 7.09. The molecule has 0 aliphatic rings. The van der Waals surface area contributed by atoms with Crippen LogP contribution >= 0.6 is 11.3 Å². The number of amides is 1. The molecule has 1 atom stereocenters. The molecule has 1 aromatic heterocycles. The van der Waals surface area contributed by atoms with Crippen LogP contribution < -0.4 is 5.32 Å². The summed E-state index contributed by atoms with van der Waals surface area (Å²) in [6.45, 7) is 5.45. The van der Waals surface area contributed by atoms with E-state index in [1.54, 1.807) is 18.3 Å². The van der Waals surface area contributed by atoms with Gasteiger partial charge in [0.25, 0.3) is 5.91 Å². The highest BCUT2D eigenvalue weighted by Crippen LogP contribution is 2.07. The highest BCUT2D eigenvalue weighted by atomic mass is 32.1. The molecule has 0 bridgehead atoms. The number of carbonyl (C=O) groups excluding carboxylic acids is 2. The van der Waals surface area contributed by atoms with E-state index in [2.05, 4.69) is 11.9 Å². The maximum atomic E-state index is 11.4. The summed E-state index contributed by atoms with van der Waals surface area (Å²) in [6.07, 6.45) is 0.834. The van der Waals surface area contributed by atoms with Crippen LogP contribution in [0.4, 0.5) is 0 Å². The first-order chi connectivity index (χ1) is 9.13. The van der Waals surface area contributed by atoms with Crippen LogP contribution in [0.2, 0.25) is 0 Å². The van der Waals surface area contributed by atoms with E-state index in [1.807, 2.05) is 17.5 Å². The molecule has 19 heavy (non-hydrogen) atoms. The molecule has 0 aliphatic carbocycles. The van der Waals surface area contributed by atoms with Crippen molar-refractivity contribution in [3.8, 4) is 0 Å². The minimum absolute atomic E-state index is 0.265. The van der Waals surface area contributed by atoms with Crippen molar-refractivity contribution in [2.24, 2.45) is 0 Å². The van der Waals surface area contributed by atoms with Crippen LogP contribution in [0, 0.1) is 0 Å². The third-order valence-electron chi connectivity index (χ3n) is 2.18. The number of hydrogen-bond donors (Lipinski definition) is 1. The molecule has 0 spiro atoms. The number of thiophene rings is 1. The zero-order valence-corrected chi connectivity index (χ0v) is 11.6. The molecule has 0 radical (unpaired) electrons. The standard InChI is InChI=1S/C13H17NO4S/c1-3-6-17-10(2)13(16)18-9-12(15)14-8-11-5-4-7-19-11/h3-5,7,10H,1,6,8-9H2,2H3,(H,14,15). The summed E-state index contributed by atoms with van der Waals surface area (Å²) in [6, 6.07) is 3.83. The number of rotatable bonds is 8. The van der Waals surface area contributed by atoms with Gasteiger partial charge in [-0.05, 0) is 18.4 Å². The van der Waals surface area contributed by atoms with E-state index in [0.29, 0.717) is 6.54 Å². The lowest BCUT2D eigenvalue weighted by Gasteiger charge is -2.11. The second-order valence-electron chi connectivity index (χ2n) is 3.73. The fourth-order valence-electron chi connectivity index (χ4n) is 1.18. The first-order valence-electron chi connectivity index (χ1n) is 5.81. The molecule has 1 amide bonds. The van der Waals surface area contributed by atoms with Crippen molar-refractivity contribution in [1.82, 2.24) is 5.32 Å². The van der Waals surface area contributed by atoms with E-state index >= 15 is 0 Å². The molecule has 6 heteroatoms. The average molecular weight is 283 g/mol. The quantitative estimate of drug-likeness (QED) is 0.580. The van der Waals surface area contributed by atoms with Crippen molar-refractivity contribution in [1.29, 1.82) is 0 Å². The zero-order valence-electron chi connectivity index (χ0n) is 10.8. The van der Waals surface area contributed by atoms with Crippen LogP contribution in [-0.2, 0) is 25.6 Å². The van der Waals surface area contributed by atoms with Gasteiger partial charge in [-0.1, -0.05) is 12.1 Å². The lowest BCUT2D eigenvalue weighted by Crippen LogP contribution is -2.31. The summed E-state index contributed by atoms with van der Waals surface area (Å²) in [5, 5.41) is 4.59. The lowest BCUT2D eigenvalue weighted by molar-refractivity contribution is -0.158. The summed E-state index contributed by atoms with van der Waals surface area (Å²) in [5.74, 6) is -0.897. The van der Waals surface area contributed by atoms with Gasteiger partial charge in [-0.15, -0.1) is 17.9 Å². The molecule has 1 aromatic rings. The van der Waals surface area contributed by atoms with Crippen molar-refractivity contribution in [2.45, 2.75) is 19.6 Å². The normalized spacial score (nSPS) is 11.6. The topological polar surface area (TPSA) is 64.6 Å². The highest BCUT2D eigenvalue weighted by Gasteiger charge is 2.15. The Labute approximate surface area is 116 Å². The predicted octanol–water partition coefficient (Wildman–Crippen LogP) is 1.50. The third kappa shape index (κ3) is 6.17. The summed E-state index contributed by atoms with van der Waals surface area (Å²) in [5.41, 5.74) is 0. The Kier molecular flexibility index (Phi) is 6.84. The van der Waals surface area contributed by atoms with E-state index in [-0.39, 0.29) is 19.1 Å². The Morgan fingerprint density at radius 2 is 2.37 bits per heavy atom. The van der Waals surface area contributed by atoms with Gasteiger partial charge in [0.1, 0.15) is 0 Å². The monoisotopic (exact) mass is 283 g/mol. The maximum absolute atomic E-state index is 11.4. The van der Waals surface area contributed by atoms with Crippen LogP contribution in [0.15, 0.2) is 30.2 Å². The number of carbonyl (C=O) groups is 2. The molecule has 1 unspecified atom stereocenters. The first kappa shape index (κ1) is 15.4. The summed E-state index contributed by atoms with van der Waals surface area (Å²) >= 11 is 1.55. The predicted molar refractivity (Wildman–Crippen MR) is 72.7 cm³/mol. The minimum atomic E-state index is -0.705. The third-order valence-corrected chi connectivity index (χ3v) is 3.06. The molecule has 1 heterocycles. The second-order valence-corrected chi connectivity index (χ2v) is 4.76. The smallest absolute Gasteiger partial charge is 0.335 e. The van der Waals surface area contributed by atoms with Gasteiger partial charge in [-0.3, -0.25) is 4.79 Å². The van der Waals surface area contributed by atoms with Gasteiger partial charge in [-0.25, -0.2) is 4.79 Å². The lowest BCUT2D eigenvalue weighted by atomic mass is 10.4. The Hall–Kier alpha value is -1.66. The van der Waals surface area contributed by atoms with Crippen LogP contribution in [0.5, 0.6) is 0 Å². The second kappa shape index (κ2) is 8.44. The average Bonchev–Trinajstić information content (AvgIpc) is 2.92. The molecule has 5 nitrogen and oxygen atoms in total. The van der Waals surface area contributed by atoms with Gasteiger partial charge in [0.05, 0.1) is 13.2 Å². The molecule has 0 fully saturated rings. The van der Waals surface area contributed by atoms with E-state index in [9.17, 15) is 9.59 Å². The molecule has 1 rings (SSSR count). The van der Waals surface area contributed by atoms with Crippen LogP contribution in [0.3, 0.4) is 0 Å². The van der Waals surface area contributed by atoms with E-state index < -0.39 is 12.1 Å². The van der Waals surface area contributed by atoms with Gasteiger partial charge in [0.15, 0.2) is 12.7 Å². The maximum Gasteiger partial charge on any atom is 0.335 e. The summed E-state index contributed by atoms with van der Waals surface area (Å²) < 4.78 is 9.91. The Bertz CT molecular complexity index is 416. The van der Waals surface area contributed by atoms with Crippen molar-refractivity contribution in [3.63, 3.8) is 0 Å². The number of esters is 1. The molecule has 0 saturated heterocycles. The van der Waals surface area contributed by atoms with Gasteiger partial charge in [0, 0.05) is 4.88 Å². The summed E-state index contributed by atoms with van der Waals surface area (Å²) in [4.78, 5) is 23.9. The molecule has 0 aliphatic heterocycles. The minimum Gasteiger partial charge on any atom is -0.454 e. The van der Waals surface area contributed by atoms with Crippen LogP contribution in [0.1, 0.15) is 11.8 Å². The molecule has 1 N–H and O–H groups in total. The Morgan fingerprint density at radius 1 is 1.58 bits per heavy atom. The van der Waals surface area contributed by atoms with Crippen molar-refractivity contribution in [3.05, 3.63) is 35.0 Å². The largest absolute Gasteiger partial charge is 0.454 e. The zero-order chi connectivity index (χ0) is 14.1. The Balaban J connectivity index is 2.18. The van der Waals surface area contributed by atoms with Gasteiger partial charge >= 0.3 is 5.97 Å². The number of ether oxygens (including phenoxy) is 2. The van der Waals surface area contributed by atoms with E-state index in [4.69, 9.17) is 9.47 Å². The van der Waals surface area contributed by atoms with Crippen LogP contribution in [-0.4, -0.2) is 31.2 Å².